The quantitative estimate of drug-likeness (QED) is 0.470. The van der Waals surface area contributed by atoms with E-state index in [4.69, 9.17) is 4.74 Å². The fourth-order valence-electron chi connectivity index (χ4n) is 2.96. The number of hydrogen-bond donors (Lipinski definition) is 2. The molecule has 3 aromatic carbocycles. The van der Waals surface area contributed by atoms with Gasteiger partial charge in [0.2, 0.25) is 0 Å². The first-order valence-corrected chi connectivity index (χ1v) is 10.4. The predicted molar refractivity (Wildman–Crippen MR) is 124 cm³/mol. The van der Waals surface area contributed by atoms with Crippen LogP contribution in [0.4, 0.5) is 11.4 Å². The highest BCUT2D eigenvalue weighted by Crippen LogP contribution is 2.26. The first kappa shape index (κ1) is 21.6. The van der Waals surface area contributed by atoms with Gasteiger partial charge in [0, 0.05) is 10.2 Å². The molecule has 0 fully saturated rings. The van der Waals surface area contributed by atoms with Crippen molar-refractivity contribution in [3.8, 4) is 5.75 Å². The van der Waals surface area contributed by atoms with E-state index in [9.17, 15) is 9.59 Å². The molecule has 2 N–H and O–H groups in total. The Kier molecular flexibility index (Phi) is 6.90. The van der Waals surface area contributed by atoms with Gasteiger partial charge in [-0.25, -0.2) is 0 Å². The van der Waals surface area contributed by atoms with Crippen LogP contribution in [-0.2, 0) is 0 Å². The molecule has 0 saturated carbocycles. The maximum Gasteiger partial charge on any atom is 0.259 e. The summed E-state index contributed by atoms with van der Waals surface area (Å²) >= 11 is 3.39. The van der Waals surface area contributed by atoms with Crippen LogP contribution in [0.25, 0.3) is 0 Å². The Hall–Kier alpha value is -3.12. The van der Waals surface area contributed by atoms with Gasteiger partial charge < -0.3 is 15.4 Å². The number of halogens is 1. The van der Waals surface area contributed by atoms with Crippen molar-refractivity contribution in [1.82, 2.24) is 0 Å². The van der Waals surface area contributed by atoms with Gasteiger partial charge in [0.1, 0.15) is 5.75 Å². The summed E-state index contributed by atoms with van der Waals surface area (Å²) in [5.74, 6) is -0.171. The van der Waals surface area contributed by atoms with Gasteiger partial charge in [-0.1, -0.05) is 34.1 Å². The molecular formula is C24H23BrN2O3. The fraction of sp³-hybridized carbons (Fsp3) is 0.167. The maximum atomic E-state index is 12.9. The van der Waals surface area contributed by atoms with E-state index in [0.717, 1.165) is 15.6 Å². The van der Waals surface area contributed by atoms with Crippen LogP contribution in [0.15, 0.2) is 65.1 Å². The minimum Gasteiger partial charge on any atom is -0.493 e. The molecule has 0 radical (unpaired) electrons. The van der Waals surface area contributed by atoms with Gasteiger partial charge in [-0.2, -0.15) is 0 Å². The van der Waals surface area contributed by atoms with E-state index in [0.29, 0.717) is 34.9 Å². The molecule has 30 heavy (non-hydrogen) atoms. The molecule has 2 amide bonds. The summed E-state index contributed by atoms with van der Waals surface area (Å²) in [7, 11) is 0. The summed E-state index contributed by atoms with van der Waals surface area (Å²) in [4.78, 5) is 25.8. The molecule has 3 aromatic rings. The molecule has 0 spiro atoms. The highest BCUT2D eigenvalue weighted by molar-refractivity contribution is 9.10. The Morgan fingerprint density at radius 3 is 2.33 bits per heavy atom. The second kappa shape index (κ2) is 9.59. The van der Waals surface area contributed by atoms with Crippen molar-refractivity contribution in [2.75, 3.05) is 17.2 Å². The molecule has 0 aliphatic heterocycles. The average Bonchev–Trinajstić information content (AvgIpc) is 2.72. The molecular weight excluding hydrogens is 444 g/mol. The Labute approximate surface area is 184 Å². The molecule has 154 valence electrons. The molecule has 0 aliphatic carbocycles. The largest absolute Gasteiger partial charge is 0.493 e. The number of aryl methyl sites for hydroxylation is 2. The van der Waals surface area contributed by atoms with Crippen LogP contribution < -0.4 is 15.4 Å². The minimum absolute atomic E-state index is 0.298. The minimum atomic E-state index is -0.355. The number of amides is 2. The number of hydrogen-bond acceptors (Lipinski definition) is 3. The van der Waals surface area contributed by atoms with Gasteiger partial charge >= 0.3 is 0 Å². The van der Waals surface area contributed by atoms with Crippen molar-refractivity contribution >= 4 is 39.1 Å². The van der Waals surface area contributed by atoms with Crippen molar-refractivity contribution in [2.45, 2.75) is 20.8 Å². The highest BCUT2D eigenvalue weighted by atomic mass is 79.9. The zero-order chi connectivity index (χ0) is 21.7. The number of rotatable bonds is 6. The zero-order valence-corrected chi connectivity index (χ0v) is 18.7. The molecule has 3 rings (SSSR count). The van der Waals surface area contributed by atoms with E-state index in [-0.39, 0.29) is 11.8 Å². The average molecular weight is 467 g/mol. The Morgan fingerprint density at radius 2 is 1.60 bits per heavy atom. The number of para-hydroxylation sites is 1. The number of benzene rings is 3. The lowest BCUT2D eigenvalue weighted by Gasteiger charge is -2.14. The normalized spacial score (nSPS) is 10.4. The SMILES string of the molecule is CCOc1ccc(Br)cc1C(=O)Nc1ccccc1C(=O)Nc1ccc(C)c(C)c1. The second-order valence-corrected chi connectivity index (χ2v) is 7.74. The van der Waals surface area contributed by atoms with Crippen molar-refractivity contribution in [3.63, 3.8) is 0 Å². The molecule has 0 heterocycles. The topological polar surface area (TPSA) is 67.4 Å². The molecule has 0 unspecified atom stereocenters. The summed E-state index contributed by atoms with van der Waals surface area (Å²) in [5.41, 5.74) is 4.13. The lowest BCUT2D eigenvalue weighted by molar-refractivity contribution is 0.102. The number of nitrogens with one attached hydrogen (secondary N) is 2. The number of carbonyl (C=O) groups is 2. The zero-order valence-electron chi connectivity index (χ0n) is 17.1. The van der Waals surface area contributed by atoms with Crippen molar-refractivity contribution in [3.05, 3.63) is 87.4 Å². The predicted octanol–water partition coefficient (Wildman–Crippen LogP) is 5.97. The van der Waals surface area contributed by atoms with Crippen LogP contribution in [0.5, 0.6) is 5.75 Å². The van der Waals surface area contributed by atoms with Crippen LogP contribution in [-0.4, -0.2) is 18.4 Å². The monoisotopic (exact) mass is 466 g/mol. The third-order valence-electron chi connectivity index (χ3n) is 4.67. The summed E-state index contributed by atoms with van der Waals surface area (Å²) < 4.78 is 6.33. The Morgan fingerprint density at radius 1 is 0.867 bits per heavy atom. The van der Waals surface area contributed by atoms with Gasteiger partial charge in [-0.15, -0.1) is 0 Å². The number of anilines is 2. The molecule has 6 heteroatoms. The standard InChI is InChI=1S/C24H23BrN2O3/c1-4-30-22-12-10-17(25)14-20(22)24(29)27-21-8-6-5-7-19(21)23(28)26-18-11-9-15(2)16(3)13-18/h5-14H,4H2,1-3H3,(H,26,28)(H,27,29). The molecule has 0 aliphatic rings. The Bertz CT molecular complexity index is 1100. The number of carbonyl (C=O) groups excluding carboxylic acids is 2. The van der Waals surface area contributed by atoms with Gasteiger partial charge in [0.25, 0.3) is 11.8 Å². The molecule has 0 bridgehead atoms. The van der Waals surface area contributed by atoms with Gasteiger partial charge in [0.05, 0.1) is 23.4 Å². The summed E-state index contributed by atoms with van der Waals surface area (Å²) in [6.07, 6.45) is 0. The maximum absolute atomic E-state index is 12.9. The van der Waals surface area contributed by atoms with E-state index in [1.165, 1.54) is 0 Å². The van der Waals surface area contributed by atoms with Crippen LogP contribution in [0, 0.1) is 13.8 Å². The van der Waals surface area contributed by atoms with Crippen molar-refractivity contribution < 1.29 is 14.3 Å². The van der Waals surface area contributed by atoms with Crippen molar-refractivity contribution in [1.29, 1.82) is 0 Å². The molecule has 0 atom stereocenters. The van der Waals surface area contributed by atoms with E-state index >= 15 is 0 Å². The van der Waals surface area contributed by atoms with E-state index in [1.54, 1.807) is 36.4 Å². The van der Waals surface area contributed by atoms with Crippen molar-refractivity contribution in [2.24, 2.45) is 0 Å². The number of ether oxygens (including phenoxy) is 1. The summed E-state index contributed by atoms with van der Waals surface area (Å²) in [5, 5.41) is 5.74. The smallest absolute Gasteiger partial charge is 0.259 e. The first-order chi connectivity index (χ1) is 14.4. The Balaban J connectivity index is 1.85. The third kappa shape index (κ3) is 5.07. The second-order valence-electron chi connectivity index (χ2n) is 6.83. The van der Waals surface area contributed by atoms with E-state index in [1.807, 2.05) is 45.0 Å². The fourth-order valence-corrected chi connectivity index (χ4v) is 3.32. The first-order valence-electron chi connectivity index (χ1n) is 9.60. The lowest BCUT2D eigenvalue weighted by atomic mass is 10.1. The molecule has 0 aromatic heterocycles. The highest BCUT2D eigenvalue weighted by Gasteiger charge is 2.17. The third-order valence-corrected chi connectivity index (χ3v) is 5.16. The van der Waals surface area contributed by atoms with E-state index in [2.05, 4.69) is 26.6 Å². The van der Waals surface area contributed by atoms with Gasteiger partial charge in [-0.05, 0) is 74.4 Å². The molecule has 5 nitrogen and oxygen atoms in total. The van der Waals surface area contributed by atoms with Crippen LogP contribution in [0.2, 0.25) is 0 Å². The van der Waals surface area contributed by atoms with Crippen LogP contribution >= 0.6 is 15.9 Å². The van der Waals surface area contributed by atoms with Crippen LogP contribution in [0.3, 0.4) is 0 Å². The van der Waals surface area contributed by atoms with E-state index < -0.39 is 0 Å². The molecule has 0 saturated heterocycles. The van der Waals surface area contributed by atoms with Crippen LogP contribution in [0.1, 0.15) is 38.8 Å². The summed E-state index contributed by atoms with van der Waals surface area (Å²) in [6.45, 7) is 6.31. The van der Waals surface area contributed by atoms with Gasteiger partial charge in [0.15, 0.2) is 0 Å². The summed E-state index contributed by atoms with van der Waals surface area (Å²) in [6, 6.07) is 17.9. The van der Waals surface area contributed by atoms with Gasteiger partial charge in [-0.3, -0.25) is 9.59 Å². The lowest BCUT2D eigenvalue weighted by Crippen LogP contribution is -2.19.